The summed E-state index contributed by atoms with van der Waals surface area (Å²) in [5.41, 5.74) is 3.33. The van der Waals surface area contributed by atoms with Crippen LogP contribution in [0.5, 0.6) is 5.75 Å². The Hall–Kier alpha value is -3.30. The molecule has 41 heavy (non-hydrogen) atoms. The van der Waals surface area contributed by atoms with Gasteiger partial charge in [0.25, 0.3) is 0 Å². The fraction of sp³-hybridized carbons (Fsp3) is 0.194. The number of aromatic hydroxyl groups is 1. The number of nitrogens with zero attached hydrogens (tertiary/aromatic N) is 1. The number of sulfonamides is 1. The summed E-state index contributed by atoms with van der Waals surface area (Å²) in [5.74, 6) is -2.27. The predicted octanol–water partition coefficient (Wildman–Crippen LogP) is 7.42. The highest BCUT2D eigenvalue weighted by molar-refractivity contribution is 7.89. The predicted molar refractivity (Wildman–Crippen MR) is 156 cm³/mol. The average Bonchev–Trinajstić information content (AvgIpc) is 2.92. The topological polar surface area (TPSA) is 74.7 Å². The van der Waals surface area contributed by atoms with Crippen molar-refractivity contribution in [3.63, 3.8) is 0 Å². The van der Waals surface area contributed by atoms with Gasteiger partial charge in [-0.3, -0.25) is 4.79 Å². The molecule has 214 valence electrons. The molecule has 0 radical (unpaired) electrons. The molecule has 0 aromatic heterocycles. The second-order valence-corrected chi connectivity index (χ2v) is 12.5. The molecular formula is C31H27Cl2F2NO4S. The number of phenols is 1. The van der Waals surface area contributed by atoms with Crippen molar-refractivity contribution in [2.75, 3.05) is 0 Å². The highest BCUT2D eigenvalue weighted by Crippen LogP contribution is 2.36. The van der Waals surface area contributed by atoms with Crippen molar-refractivity contribution in [3.8, 4) is 5.75 Å². The number of benzene rings is 4. The minimum Gasteiger partial charge on any atom is -0.505 e. The van der Waals surface area contributed by atoms with Gasteiger partial charge in [-0.25, -0.2) is 17.2 Å². The minimum atomic E-state index is -4.27. The van der Waals surface area contributed by atoms with Crippen molar-refractivity contribution in [1.82, 2.24) is 4.31 Å². The molecule has 0 heterocycles. The number of ketones is 1. The largest absolute Gasteiger partial charge is 0.505 e. The van der Waals surface area contributed by atoms with Crippen LogP contribution >= 0.6 is 23.2 Å². The summed E-state index contributed by atoms with van der Waals surface area (Å²) in [4.78, 5) is 12.1. The summed E-state index contributed by atoms with van der Waals surface area (Å²) in [5, 5.41) is 10.4. The number of carbonyl (C=O) groups is 1. The number of Topliss-reactive ketones (excluding diaryl/α,β-unsaturated/α-hetero) is 1. The number of rotatable bonds is 11. The maximum atomic E-state index is 13.9. The van der Waals surface area contributed by atoms with E-state index in [-0.39, 0.29) is 47.3 Å². The third-order valence-electron chi connectivity index (χ3n) is 6.54. The van der Waals surface area contributed by atoms with Crippen molar-refractivity contribution in [3.05, 3.63) is 128 Å². The van der Waals surface area contributed by atoms with Crippen molar-refractivity contribution in [2.24, 2.45) is 0 Å². The van der Waals surface area contributed by atoms with Crippen molar-refractivity contribution >= 4 is 39.0 Å². The number of hydrogen-bond acceptors (Lipinski definition) is 4. The first-order valence-electron chi connectivity index (χ1n) is 12.7. The third kappa shape index (κ3) is 7.92. The Bertz CT molecular complexity index is 1680. The van der Waals surface area contributed by atoms with E-state index in [0.717, 1.165) is 34.9 Å². The van der Waals surface area contributed by atoms with Crippen LogP contribution in [0.3, 0.4) is 0 Å². The van der Waals surface area contributed by atoms with E-state index < -0.39 is 32.3 Å². The zero-order chi connectivity index (χ0) is 29.7. The molecule has 0 aliphatic heterocycles. The first-order valence-corrected chi connectivity index (χ1v) is 14.9. The Labute approximate surface area is 248 Å². The van der Waals surface area contributed by atoms with Gasteiger partial charge in [-0.1, -0.05) is 83.4 Å². The minimum absolute atomic E-state index is 0.0120. The lowest BCUT2D eigenvalue weighted by atomic mass is 10.0. The van der Waals surface area contributed by atoms with Crippen LogP contribution in [0.15, 0.2) is 83.8 Å². The maximum Gasteiger partial charge on any atom is 0.247 e. The first-order chi connectivity index (χ1) is 19.4. The Morgan fingerprint density at radius 3 is 2.27 bits per heavy atom. The summed E-state index contributed by atoms with van der Waals surface area (Å²) >= 11 is 12.1. The van der Waals surface area contributed by atoms with Gasteiger partial charge in [0, 0.05) is 37.0 Å². The molecule has 4 aromatic carbocycles. The Morgan fingerprint density at radius 2 is 1.56 bits per heavy atom. The van der Waals surface area contributed by atoms with Gasteiger partial charge in [-0.15, -0.1) is 0 Å². The highest BCUT2D eigenvalue weighted by Gasteiger charge is 2.29. The van der Waals surface area contributed by atoms with E-state index in [1.807, 2.05) is 37.3 Å². The lowest BCUT2D eigenvalue weighted by Gasteiger charge is -2.24. The number of hydrogen-bond donors (Lipinski definition) is 1. The molecule has 0 saturated carbocycles. The van der Waals surface area contributed by atoms with E-state index in [1.165, 1.54) is 16.4 Å². The van der Waals surface area contributed by atoms with E-state index in [9.17, 15) is 27.1 Å². The second kappa shape index (κ2) is 13.1. The molecule has 0 unspecified atom stereocenters. The van der Waals surface area contributed by atoms with E-state index in [1.54, 1.807) is 18.2 Å². The van der Waals surface area contributed by atoms with E-state index in [4.69, 9.17) is 23.2 Å². The average molecular weight is 619 g/mol. The molecule has 0 bridgehead atoms. The second-order valence-electron chi connectivity index (χ2n) is 9.76. The van der Waals surface area contributed by atoms with Crippen LogP contribution in [0, 0.1) is 18.6 Å². The molecule has 0 fully saturated rings. The quantitative estimate of drug-likeness (QED) is 0.190. The summed E-state index contributed by atoms with van der Waals surface area (Å²) in [6.07, 6.45) is 0.325. The third-order valence-corrected chi connectivity index (χ3v) is 8.85. The number of halogens is 4. The van der Waals surface area contributed by atoms with Crippen molar-refractivity contribution in [1.29, 1.82) is 0 Å². The Balaban J connectivity index is 1.56. The molecule has 0 aliphatic rings. The lowest BCUT2D eigenvalue weighted by molar-refractivity contribution is -0.118. The van der Waals surface area contributed by atoms with Crippen LogP contribution in [0.2, 0.25) is 10.0 Å². The summed E-state index contributed by atoms with van der Waals surface area (Å²) < 4.78 is 55.9. The van der Waals surface area contributed by atoms with Crippen LogP contribution in [-0.2, 0) is 40.7 Å². The normalized spacial score (nSPS) is 11.7. The van der Waals surface area contributed by atoms with Crippen LogP contribution in [-0.4, -0.2) is 23.6 Å². The molecule has 0 aliphatic carbocycles. The molecule has 4 aromatic rings. The zero-order valence-electron chi connectivity index (χ0n) is 22.1. The fourth-order valence-electron chi connectivity index (χ4n) is 4.34. The Kier molecular flexibility index (Phi) is 9.81. The zero-order valence-corrected chi connectivity index (χ0v) is 24.4. The first kappa shape index (κ1) is 30.7. The molecule has 5 nitrogen and oxygen atoms in total. The standard InChI is InChI=1S/C31H27Cl2F2NO4S/c1-20-5-7-22(8-6-20)18-36(41(39,40)30-16-25(32)15-28(33)31(30)38)19-23-4-2-3-21(13-23)9-12-27(37)14-24-10-11-26(34)17-29(24)35/h2-8,10-11,13,15-17,38H,9,12,14,18-19H2,1H3. The van der Waals surface area contributed by atoms with Gasteiger partial charge in [0.2, 0.25) is 10.0 Å². The van der Waals surface area contributed by atoms with Crippen LogP contribution in [0.4, 0.5) is 8.78 Å². The van der Waals surface area contributed by atoms with Gasteiger partial charge >= 0.3 is 0 Å². The molecule has 1 N–H and O–H groups in total. The molecule has 4 rings (SSSR count). The van der Waals surface area contributed by atoms with Crippen LogP contribution in [0.1, 0.15) is 34.2 Å². The fourth-order valence-corrected chi connectivity index (χ4v) is 6.50. The van der Waals surface area contributed by atoms with E-state index >= 15 is 0 Å². The number of aryl methyl sites for hydroxylation is 2. The highest BCUT2D eigenvalue weighted by atomic mass is 35.5. The smallest absolute Gasteiger partial charge is 0.247 e. The molecule has 0 spiro atoms. The van der Waals surface area contributed by atoms with Crippen LogP contribution in [0.25, 0.3) is 0 Å². The van der Waals surface area contributed by atoms with Gasteiger partial charge in [-0.05, 0) is 53.8 Å². The van der Waals surface area contributed by atoms with E-state index in [0.29, 0.717) is 12.0 Å². The van der Waals surface area contributed by atoms with Crippen molar-refractivity contribution < 1.29 is 27.1 Å². The van der Waals surface area contributed by atoms with Gasteiger partial charge in [0.05, 0.1) is 5.02 Å². The molecule has 10 heteroatoms. The van der Waals surface area contributed by atoms with Gasteiger partial charge < -0.3 is 5.11 Å². The molecule has 0 atom stereocenters. The SMILES string of the molecule is Cc1ccc(CN(Cc2cccc(CCC(=O)Cc3ccc(F)cc3F)c2)S(=O)(=O)c2cc(Cl)cc(Cl)c2O)cc1. The number of phenolic OH excluding ortho intramolecular Hbond substituents is 1. The summed E-state index contributed by atoms with van der Waals surface area (Å²) in [7, 11) is -4.27. The van der Waals surface area contributed by atoms with E-state index in [2.05, 4.69) is 0 Å². The van der Waals surface area contributed by atoms with Gasteiger partial charge in [0.15, 0.2) is 5.75 Å². The summed E-state index contributed by atoms with van der Waals surface area (Å²) in [6.45, 7) is 1.90. The summed E-state index contributed by atoms with van der Waals surface area (Å²) in [6, 6.07) is 20.1. The monoisotopic (exact) mass is 617 g/mol. The lowest BCUT2D eigenvalue weighted by Crippen LogP contribution is -2.30. The van der Waals surface area contributed by atoms with Crippen LogP contribution < -0.4 is 0 Å². The number of carbonyl (C=O) groups excluding carboxylic acids is 1. The molecular weight excluding hydrogens is 591 g/mol. The maximum absolute atomic E-state index is 13.9. The van der Waals surface area contributed by atoms with Crippen molar-refractivity contribution in [2.45, 2.75) is 44.2 Å². The van der Waals surface area contributed by atoms with Gasteiger partial charge in [0.1, 0.15) is 22.3 Å². The molecule has 0 saturated heterocycles. The molecule has 0 amide bonds. The van der Waals surface area contributed by atoms with Gasteiger partial charge in [-0.2, -0.15) is 4.31 Å². The Morgan fingerprint density at radius 1 is 0.878 bits per heavy atom.